The summed E-state index contributed by atoms with van der Waals surface area (Å²) >= 11 is 6.16. The number of hydrogen-bond donors (Lipinski definition) is 3. The Morgan fingerprint density at radius 1 is 1.08 bits per heavy atom. The Morgan fingerprint density at radius 3 is 2.44 bits per heavy atom. The Labute approximate surface area is 151 Å². The van der Waals surface area contributed by atoms with Crippen LogP contribution in [0.1, 0.15) is 17.3 Å². The van der Waals surface area contributed by atoms with Crippen molar-refractivity contribution in [3.05, 3.63) is 59.1 Å². The largest absolute Gasteiger partial charge is 0.326 e. The molecule has 2 amide bonds. The molecule has 0 saturated carbocycles. The molecule has 3 N–H and O–H groups in total. The van der Waals surface area contributed by atoms with Gasteiger partial charge in [0, 0.05) is 17.3 Å². The van der Waals surface area contributed by atoms with E-state index < -0.39 is 0 Å². The van der Waals surface area contributed by atoms with Gasteiger partial charge >= 0.3 is 0 Å². The number of halogens is 1. The van der Waals surface area contributed by atoms with Crippen LogP contribution in [0.3, 0.4) is 0 Å². The second-order valence-electron chi connectivity index (χ2n) is 6.21. The Hall–Kier alpha value is -2.37. The Kier molecular flexibility index (Phi) is 5.36. The molecule has 0 aromatic heterocycles. The summed E-state index contributed by atoms with van der Waals surface area (Å²) in [5.41, 5.74) is 1.57. The first kappa shape index (κ1) is 17.5. The van der Waals surface area contributed by atoms with Gasteiger partial charge in [-0.25, -0.2) is 0 Å². The van der Waals surface area contributed by atoms with Crippen LogP contribution in [0.5, 0.6) is 0 Å². The molecule has 5 nitrogen and oxygen atoms in total. The van der Waals surface area contributed by atoms with Crippen LogP contribution in [0.25, 0.3) is 0 Å². The highest BCUT2D eigenvalue weighted by atomic mass is 35.5. The Bertz CT molecular complexity index is 775. The summed E-state index contributed by atoms with van der Waals surface area (Å²) in [6, 6.07) is 14.1. The minimum atomic E-state index is -0.316. The van der Waals surface area contributed by atoms with Gasteiger partial charge in [-0.3, -0.25) is 9.59 Å². The molecule has 0 radical (unpaired) electrons. The number of carbonyl (C=O) groups is 2. The predicted molar refractivity (Wildman–Crippen MR) is 100 cm³/mol. The second kappa shape index (κ2) is 7.68. The lowest BCUT2D eigenvalue weighted by Gasteiger charge is -2.31. The molecular formula is C19H20ClN3O2. The maximum Gasteiger partial charge on any atom is 0.257 e. The van der Waals surface area contributed by atoms with Crippen molar-refractivity contribution in [2.75, 3.05) is 23.7 Å². The number of hydrogen-bond acceptors (Lipinski definition) is 3. The van der Waals surface area contributed by atoms with E-state index in [0.717, 1.165) is 13.1 Å². The molecule has 1 atom stereocenters. The lowest BCUT2D eigenvalue weighted by Crippen LogP contribution is -2.48. The van der Waals surface area contributed by atoms with Gasteiger partial charge < -0.3 is 16.0 Å². The molecule has 2 aromatic carbocycles. The molecule has 0 spiro atoms. The molecule has 1 fully saturated rings. The first-order valence-electron chi connectivity index (χ1n) is 8.22. The van der Waals surface area contributed by atoms with E-state index in [-0.39, 0.29) is 17.7 Å². The van der Waals surface area contributed by atoms with Gasteiger partial charge in [0.25, 0.3) is 5.91 Å². The summed E-state index contributed by atoms with van der Waals surface area (Å²) in [6.45, 7) is 3.64. The van der Waals surface area contributed by atoms with E-state index in [1.807, 2.05) is 25.1 Å². The quantitative estimate of drug-likeness (QED) is 0.768. The van der Waals surface area contributed by atoms with Gasteiger partial charge in [0.2, 0.25) is 5.91 Å². The fourth-order valence-corrected chi connectivity index (χ4v) is 2.84. The van der Waals surface area contributed by atoms with Crippen molar-refractivity contribution in [1.82, 2.24) is 5.32 Å². The van der Waals surface area contributed by atoms with Crippen LogP contribution >= 0.6 is 11.6 Å². The first-order valence-corrected chi connectivity index (χ1v) is 8.60. The number of amides is 2. The Balaban J connectivity index is 1.71. The van der Waals surface area contributed by atoms with E-state index in [4.69, 9.17) is 11.6 Å². The average Bonchev–Trinajstić information content (AvgIpc) is 2.55. The topological polar surface area (TPSA) is 70.2 Å². The molecule has 0 bridgehead atoms. The summed E-state index contributed by atoms with van der Waals surface area (Å²) in [7, 11) is 0. The number of nitrogens with one attached hydrogen (secondary N) is 3. The van der Waals surface area contributed by atoms with Crippen LogP contribution < -0.4 is 16.0 Å². The van der Waals surface area contributed by atoms with Crippen LogP contribution in [0.2, 0.25) is 5.02 Å². The van der Waals surface area contributed by atoms with Crippen LogP contribution in [-0.2, 0) is 4.79 Å². The van der Waals surface area contributed by atoms with E-state index in [2.05, 4.69) is 16.0 Å². The third-order valence-electron chi connectivity index (χ3n) is 4.44. The molecule has 1 aliphatic heterocycles. The van der Waals surface area contributed by atoms with Crippen molar-refractivity contribution in [3.63, 3.8) is 0 Å². The summed E-state index contributed by atoms with van der Waals surface area (Å²) in [4.78, 5) is 24.8. The lowest BCUT2D eigenvalue weighted by molar-refractivity contribution is -0.121. The third kappa shape index (κ3) is 4.18. The van der Waals surface area contributed by atoms with Crippen LogP contribution in [-0.4, -0.2) is 24.9 Å². The molecular weight excluding hydrogens is 338 g/mol. The van der Waals surface area contributed by atoms with Gasteiger partial charge in [0.15, 0.2) is 0 Å². The molecule has 1 saturated heterocycles. The van der Waals surface area contributed by atoms with Gasteiger partial charge in [-0.1, -0.05) is 36.7 Å². The van der Waals surface area contributed by atoms with Crippen molar-refractivity contribution in [2.24, 2.45) is 11.8 Å². The fourth-order valence-electron chi connectivity index (χ4n) is 2.63. The lowest BCUT2D eigenvalue weighted by atomic mass is 9.88. The van der Waals surface area contributed by atoms with E-state index in [9.17, 15) is 9.59 Å². The zero-order chi connectivity index (χ0) is 17.8. The van der Waals surface area contributed by atoms with E-state index in [1.165, 1.54) is 0 Å². The van der Waals surface area contributed by atoms with Crippen molar-refractivity contribution < 1.29 is 9.59 Å². The maximum atomic E-state index is 12.5. The van der Waals surface area contributed by atoms with Crippen molar-refractivity contribution >= 4 is 34.8 Å². The molecule has 130 valence electrons. The SMILES string of the molecule is CC(C(=O)Nc1ccc(Cl)c(C(=O)Nc2ccccc2)c1)C1CNC1. The van der Waals surface area contributed by atoms with Crippen LogP contribution in [0.15, 0.2) is 48.5 Å². The highest BCUT2D eigenvalue weighted by molar-refractivity contribution is 6.34. The molecule has 1 unspecified atom stereocenters. The van der Waals surface area contributed by atoms with Gasteiger partial charge in [-0.05, 0) is 49.3 Å². The zero-order valence-electron chi connectivity index (χ0n) is 13.9. The monoisotopic (exact) mass is 357 g/mol. The standard InChI is InChI=1S/C19H20ClN3O2/c1-12(13-10-21-11-13)18(24)23-15-7-8-17(20)16(9-15)19(25)22-14-5-3-2-4-6-14/h2-9,12-13,21H,10-11H2,1H3,(H,22,25)(H,23,24). The van der Waals surface area contributed by atoms with Gasteiger partial charge in [-0.2, -0.15) is 0 Å². The van der Waals surface area contributed by atoms with Crippen molar-refractivity contribution in [3.8, 4) is 0 Å². The normalized spacial score (nSPS) is 15.1. The molecule has 1 aliphatic rings. The molecule has 25 heavy (non-hydrogen) atoms. The minimum absolute atomic E-state index is 0.0526. The van der Waals surface area contributed by atoms with E-state index in [0.29, 0.717) is 27.9 Å². The summed E-state index contributed by atoms with van der Waals surface area (Å²) in [6.07, 6.45) is 0. The maximum absolute atomic E-state index is 12.5. The third-order valence-corrected chi connectivity index (χ3v) is 4.77. The summed E-state index contributed by atoms with van der Waals surface area (Å²) in [5.74, 6) is -0.0987. The number of anilines is 2. The number of benzene rings is 2. The van der Waals surface area contributed by atoms with Gasteiger partial charge in [-0.15, -0.1) is 0 Å². The first-order chi connectivity index (χ1) is 12.0. The second-order valence-corrected chi connectivity index (χ2v) is 6.62. The summed E-state index contributed by atoms with van der Waals surface area (Å²) in [5, 5.41) is 9.17. The minimum Gasteiger partial charge on any atom is -0.326 e. The number of para-hydroxylation sites is 1. The average molecular weight is 358 g/mol. The predicted octanol–water partition coefficient (Wildman–Crippen LogP) is 3.39. The van der Waals surface area contributed by atoms with Crippen molar-refractivity contribution in [2.45, 2.75) is 6.92 Å². The summed E-state index contributed by atoms with van der Waals surface area (Å²) < 4.78 is 0. The number of carbonyl (C=O) groups excluding carboxylic acids is 2. The zero-order valence-corrected chi connectivity index (χ0v) is 14.6. The molecule has 3 rings (SSSR count). The van der Waals surface area contributed by atoms with E-state index in [1.54, 1.807) is 30.3 Å². The molecule has 0 aliphatic carbocycles. The van der Waals surface area contributed by atoms with Crippen molar-refractivity contribution in [1.29, 1.82) is 0 Å². The highest BCUT2D eigenvalue weighted by Gasteiger charge is 2.28. The Morgan fingerprint density at radius 2 is 1.80 bits per heavy atom. The molecule has 6 heteroatoms. The van der Waals surface area contributed by atoms with Crippen LogP contribution in [0.4, 0.5) is 11.4 Å². The van der Waals surface area contributed by atoms with Gasteiger partial charge in [0.05, 0.1) is 10.6 Å². The van der Waals surface area contributed by atoms with E-state index >= 15 is 0 Å². The number of rotatable bonds is 5. The fraction of sp³-hybridized carbons (Fsp3) is 0.263. The van der Waals surface area contributed by atoms with Gasteiger partial charge in [0.1, 0.15) is 0 Å². The highest BCUT2D eigenvalue weighted by Crippen LogP contribution is 2.24. The smallest absolute Gasteiger partial charge is 0.257 e. The molecule has 1 heterocycles. The van der Waals surface area contributed by atoms with Crippen LogP contribution in [0, 0.1) is 11.8 Å². The molecule has 2 aromatic rings.